The Balaban J connectivity index is 2.26. The number of aryl methyl sites for hydroxylation is 1. The van der Waals surface area contributed by atoms with E-state index in [1.807, 2.05) is 43.3 Å². The van der Waals surface area contributed by atoms with E-state index < -0.39 is 8.32 Å². The fourth-order valence-electron chi connectivity index (χ4n) is 2.25. The number of hydrogen-bond donors (Lipinski definition) is 0. The molecule has 0 aliphatic heterocycles. The topological polar surface area (TPSA) is 35.5 Å². The average Bonchev–Trinajstić information content (AvgIpc) is 2.59. The van der Waals surface area contributed by atoms with Gasteiger partial charge in [-0.1, -0.05) is 50.5 Å². The van der Waals surface area contributed by atoms with Gasteiger partial charge in [0.2, 0.25) is 5.78 Å². The highest BCUT2D eigenvalue weighted by atomic mass is 28.4. The van der Waals surface area contributed by atoms with Crippen molar-refractivity contribution in [3.05, 3.63) is 59.2 Å². The molecule has 0 saturated heterocycles. The third-order valence-electron chi connectivity index (χ3n) is 4.94. The predicted molar refractivity (Wildman–Crippen MR) is 113 cm³/mol. The van der Waals surface area contributed by atoms with E-state index in [1.165, 1.54) is 0 Å². The van der Waals surface area contributed by atoms with Gasteiger partial charge in [-0.15, -0.1) is 0 Å². The monoisotopic (exact) mass is 380 g/mol. The van der Waals surface area contributed by atoms with Gasteiger partial charge in [-0.05, 0) is 55.2 Å². The molecule has 0 unspecified atom stereocenters. The molecular weight excluding hydrogens is 352 g/mol. The zero-order chi connectivity index (χ0) is 20.2. The number of benzene rings is 2. The Morgan fingerprint density at radius 3 is 2.33 bits per heavy atom. The number of carbonyl (C=O) groups is 1. The quantitative estimate of drug-likeness (QED) is 0.392. The van der Waals surface area contributed by atoms with E-state index in [0.717, 1.165) is 16.9 Å². The summed E-state index contributed by atoms with van der Waals surface area (Å²) in [6.45, 7) is 12.9. The molecule has 2 aromatic carbocycles. The Morgan fingerprint density at radius 1 is 1.04 bits per heavy atom. The first kappa shape index (κ1) is 20.8. The Morgan fingerprint density at radius 2 is 1.74 bits per heavy atom. The fourth-order valence-corrected chi connectivity index (χ4v) is 3.27. The number of ketones is 1. The highest BCUT2D eigenvalue weighted by Gasteiger charge is 2.39. The number of carbonyl (C=O) groups excluding carboxylic acids is 1. The second-order valence-corrected chi connectivity index (χ2v) is 12.9. The van der Waals surface area contributed by atoms with Crippen molar-refractivity contribution in [2.75, 3.05) is 7.11 Å². The van der Waals surface area contributed by atoms with Crippen LogP contribution in [-0.2, 0) is 0 Å². The molecule has 0 atom stereocenters. The Labute approximate surface area is 163 Å². The Kier molecular flexibility index (Phi) is 6.18. The summed E-state index contributed by atoms with van der Waals surface area (Å²) in [6, 6.07) is 13.0. The Hall–Kier alpha value is -2.51. The third kappa shape index (κ3) is 5.24. The standard InChI is InChI=1S/C23H28O3Si/c1-17-9-8-10-19(15-17)20(24)13-11-18-12-14-21(22(16-18)25-5)26-27(6,7)23(2,3)4/h8-10,12,14-16H,1-7H3. The predicted octanol–water partition coefficient (Wildman–Crippen LogP) is 5.62. The lowest BCUT2D eigenvalue weighted by Crippen LogP contribution is -2.43. The van der Waals surface area contributed by atoms with Gasteiger partial charge in [0.15, 0.2) is 5.75 Å². The van der Waals surface area contributed by atoms with Gasteiger partial charge in [-0.25, -0.2) is 0 Å². The molecule has 0 aliphatic rings. The molecule has 3 nitrogen and oxygen atoms in total. The summed E-state index contributed by atoms with van der Waals surface area (Å²) >= 11 is 0. The smallest absolute Gasteiger partial charge is 0.250 e. The largest absolute Gasteiger partial charge is 0.541 e. The van der Waals surface area contributed by atoms with E-state index in [9.17, 15) is 4.79 Å². The molecule has 4 heteroatoms. The van der Waals surface area contributed by atoms with Crippen molar-refractivity contribution < 1.29 is 14.0 Å². The van der Waals surface area contributed by atoms with Gasteiger partial charge in [-0.3, -0.25) is 4.79 Å². The van der Waals surface area contributed by atoms with Crippen molar-refractivity contribution >= 4 is 14.1 Å². The van der Waals surface area contributed by atoms with Crippen molar-refractivity contribution in [2.45, 2.75) is 45.8 Å². The SMILES string of the molecule is COc1cc(C#CC(=O)c2cccc(C)c2)ccc1O[Si](C)(C)C(C)(C)C. The van der Waals surface area contributed by atoms with Crippen molar-refractivity contribution in [1.29, 1.82) is 0 Å². The van der Waals surface area contributed by atoms with Crippen molar-refractivity contribution in [1.82, 2.24) is 0 Å². The molecule has 0 radical (unpaired) electrons. The van der Waals surface area contributed by atoms with Crippen molar-refractivity contribution in [3.63, 3.8) is 0 Å². The van der Waals surface area contributed by atoms with E-state index in [1.54, 1.807) is 13.2 Å². The number of Topliss-reactive ketones (excluding diaryl/α,β-unsaturated/α-hetero) is 1. The maximum Gasteiger partial charge on any atom is 0.250 e. The van der Waals surface area contributed by atoms with Crippen LogP contribution in [0.5, 0.6) is 11.5 Å². The lowest BCUT2D eigenvalue weighted by atomic mass is 10.1. The molecule has 0 aliphatic carbocycles. The number of methoxy groups -OCH3 is 1. The average molecular weight is 381 g/mol. The third-order valence-corrected chi connectivity index (χ3v) is 9.28. The van der Waals surface area contributed by atoms with Crippen LogP contribution in [0.1, 0.15) is 42.3 Å². The minimum absolute atomic E-state index is 0.0940. The number of ether oxygens (including phenoxy) is 1. The number of hydrogen-bond acceptors (Lipinski definition) is 3. The summed E-state index contributed by atoms with van der Waals surface area (Å²) in [5.74, 6) is 6.80. The minimum atomic E-state index is -1.97. The molecule has 2 aromatic rings. The van der Waals surface area contributed by atoms with Crippen LogP contribution in [0, 0.1) is 18.8 Å². The van der Waals surface area contributed by atoms with E-state index in [4.69, 9.17) is 9.16 Å². The molecule has 27 heavy (non-hydrogen) atoms. The molecule has 0 N–H and O–H groups in total. The van der Waals surface area contributed by atoms with Gasteiger partial charge in [-0.2, -0.15) is 0 Å². The summed E-state index contributed by atoms with van der Waals surface area (Å²) in [5, 5.41) is 0.0940. The van der Waals surface area contributed by atoms with Crippen LogP contribution in [0.25, 0.3) is 0 Å². The molecule has 0 fully saturated rings. The zero-order valence-electron chi connectivity index (χ0n) is 17.3. The highest BCUT2D eigenvalue weighted by Crippen LogP contribution is 2.40. The van der Waals surface area contributed by atoms with Gasteiger partial charge in [0.1, 0.15) is 5.75 Å². The maximum atomic E-state index is 12.3. The lowest BCUT2D eigenvalue weighted by molar-refractivity contribution is 0.105. The van der Waals surface area contributed by atoms with Crippen molar-refractivity contribution in [2.24, 2.45) is 0 Å². The van der Waals surface area contributed by atoms with Gasteiger partial charge < -0.3 is 9.16 Å². The molecule has 0 spiro atoms. The van der Waals surface area contributed by atoms with Crippen LogP contribution >= 0.6 is 0 Å². The zero-order valence-corrected chi connectivity index (χ0v) is 18.3. The van der Waals surface area contributed by atoms with Crippen LogP contribution in [0.4, 0.5) is 0 Å². The van der Waals surface area contributed by atoms with E-state index in [-0.39, 0.29) is 10.8 Å². The summed E-state index contributed by atoms with van der Waals surface area (Å²) in [7, 11) is -0.353. The summed E-state index contributed by atoms with van der Waals surface area (Å²) < 4.78 is 11.8. The fraction of sp³-hybridized carbons (Fsp3) is 0.348. The number of rotatable bonds is 4. The lowest BCUT2D eigenvalue weighted by Gasteiger charge is -2.36. The maximum absolute atomic E-state index is 12.3. The summed E-state index contributed by atoms with van der Waals surface area (Å²) in [5.41, 5.74) is 2.36. The second kappa shape index (κ2) is 8.02. The van der Waals surface area contributed by atoms with E-state index in [0.29, 0.717) is 11.3 Å². The summed E-state index contributed by atoms with van der Waals surface area (Å²) in [4.78, 5) is 12.3. The first-order valence-electron chi connectivity index (χ1n) is 9.03. The summed E-state index contributed by atoms with van der Waals surface area (Å²) in [6.07, 6.45) is 0. The van der Waals surface area contributed by atoms with Gasteiger partial charge in [0.25, 0.3) is 8.32 Å². The van der Waals surface area contributed by atoms with Gasteiger partial charge in [0.05, 0.1) is 7.11 Å². The normalized spacial score (nSPS) is 11.4. The molecule has 0 amide bonds. The molecule has 0 bridgehead atoms. The van der Waals surface area contributed by atoms with Crippen LogP contribution in [0.3, 0.4) is 0 Å². The molecule has 2 rings (SSSR count). The van der Waals surface area contributed by atoms with Crippen LogP contribution in [0.2, 0.25) is 18.1 Å². The van der Waals surface area contributed by atoms with Crippen LogP contribution < -0.4 is 9.16 Å². The van der Waals surface area contributed by atoms with E-state index in [2.05, 4.69) is 45.7 Å². The van der Waals surface area contributed by atoms with Crippen LogP contribution in [-0.4, -0.2) is 21.2 Å². The molecular formula is C23H28O3Si. The highest BCUT2D eigenvalue weighted by molar-refractivity contribution is 6.74. The van der Waals surface area contributed by atoms with E-state index >= 15 is 0 Å². The molecule has 142 valence electrons. The Bertz CT molecular complexity index is 896. The second-order valence-electron chi connectivity index (χ2n) is 8.18. The van der Waals surface area contributed by atoms with Gasteiger partial charge in [0, 0.05) is 11.1 Å². The minimum Gasteiger partial charge on any atom is -0.541 e. The van der Waals surface area contributed by atoms with Crippen molar-refractivity contribution in [3.8, 4) is 23.3 Å². The first-order valence-corrected chi connectivity index (χ1v) is 11.9. The molecule has 0 aromatic heterocycles. The van der Waals surface area contributed by atoms with Gasteiger partial charge >= 0.3 is 0 Å². The molecule has 0 saturated carbocycles. The molecule has 0 heterocycles. The first-order chi connectivity index (χ1) is 12.5. The van der Waals surface area contributed by atoms with Crippen LogP contribution in [0.15, 0.2) is 42.5 Å².